The minimum atomic E-state index is -3.08. The number of likely N-dealkylation sites (tertiary alicyclic amines) is 1. The molecule has 180 valence electrons. The number of alkyl halides is 2. The topological polar surface area (TPSA) is 87.0 Å². The summed E-state index contributed by atoms with van der Waals surface area (Å²) < 4.78 is 27.3. The van der Waals surface area contributed by atoms with Crippen LogP contribution < -0.4 is 0 Å². The lowest BCUT2D eigenvalue weighted by Crippen LogP contribution is -2.36. The van der Waals surface area contributed by atoms with Gasteiger partial charge >= 0.3 is 0 Å². The van der Waals surface area contributed by atoms with Crippen molar-refractivity contribution in [3.63, 3.8) is 0 Å². The van der Waals surface area contributed by atoms with Crippen molar-refractivity contribution in [1.29, 1.82) is 5.26 Å². The fourth-order valence-corrected chi connectivity index (χ4v) is 3.96. The van der Waals surface area contributed by atoms with E-state index in [-0.39, 0.29) is 32.1 Å². The van der Waals surface area contributed by atoms with E-state index in [0.717, 1.165) is 21.7 Å². The van der Waals surface area contributed by atoms with Gasteiger partial charge in [0.05, 0.1) is 23.8 Å². The predicted octanol–water partition coefficient (Wildman–Crippen LogP) is 4.94. The van der Waals surface area contributed by atoms with Gasteiger partial charge in [0, 0.05) is 42.6 Å². The minimum Gasteiger partial charge on any atom is -0.320 e. The molecular formula is C26H24F2N4O2S. The Kier molecular flexibility index (Phi) is 7.97. The van der Waals surface area contributed by atoms with Gasteiger partial charge in [-0.05, 0) is 48.4 Å². The van der Waals surface area contributed by atoms with Crippen LogP contribution in [-0.2, 0) is 4.79 Å². The number of amides is 1. The van der Waals surface area contributed by atoms with Crippen molar-refractivity contribution in [3.05, 3.63) is 71.2 Å². The fourth-order valence-electron chi connectivity index (χ4n) is 3.96. The molecule has 0 bridgehead atoms. The SMILES string of the molecule is Cc1ccc(/C=C/c2ccc3nccc(C(=O)CCC(=O)N4CC(F)(F)C[C@H]4C#N)c3c2)nc1.S. The number of pyridine rings is 2. The molecular weight excluding hydrogens is 470 g/mol. The Morgan fingerprint density at radius 2 is 1.97 bits per heavy atom. The van der Waals surface area contributed by atoms with Gasteiger partial charge in [0.2, 0.25) is 5.91 Å². The first-order valence-corrected chi connectivity index (χ1v) is 10.9. The number of carbonyl (C=O) groups excluding carboxylic acids is 2. The van der Waals surface area contributed by atoms with Crippen molar-refractivity contribution in [1.82, 2.24) is 14.9 Å². The van der Waals surface area contributed by atoms with Crippen molar-refractivity contribution >= 4 is 48.2 Å². The van der Waals surface area contributed by atoms with E-state index >= 15 is 0 Å². The number of carbonyl (C=O) groups is 2. The summed E-state index contributed by atoms with van der Waals surface area (Å²) in [6, 6.07) is 11.6. The second-order valence-corrected chi connectivity index (χ2v) is 8.38. The molecule has 1 aliphatic rings. The molecule has 0 aliphatic carbocycles. The van der Waals surface area contributed by atoms with Crippen LogP contribution in [0.4, 0.5) is 8.78 Å². The quantitative estimate of drug-likeness (QED) is 0.453. The number of fused-ring (bicyclic) bond motifs is 1. The first-order valence-electron chi connectivity index (χ1n) is 10.9. The van der Waals surface area contributed by atoms with E-state index in [9.17, 15) is 18.4 Å². The maximum absolute atomic E-state index is 13.6. The van der Waals surface area contributed by atoms with E-state index < -0.39 is 30.8 Å². The number of aromatic nitrogens is 2. The molecule has 1 atom stereocenters. The highest BCUT2D eigenvalue weighted by molar-refractivity contribution is 7.59. The number of ketones is 1. The van der Waals surface area contributed by atoms with Crippen LogP contribution in [0.5, 0.6) is 0 Å². The average molecular weight is 495 g/mol. The van der Waals surface area contributed by atoms with Crippen molar-refractivity contribution in [2.75, 3.05) is 6.54 Å². The fraction of sp³-hybridized carbons (Fsp3) is 0.269. The summed E-state index contributed by atoms with van der Waals surface area (Å²) in [5.74, 6) is -3.99. The number of Topliss-reactive ketones (excluding diaryl/α,β-unsaturated/α-hetero) is 1. The average Bonchev–Trinajstić information content (AvgIpc) is 3.16. The summed E-state index contributed by atoms with van der Waals surface area (Å²) in [5.41, 5.74) is 3.76. The molecule has 0 saturated carbocycles. The second kappa shape index (κ2) is 10.7. The Morgan fingerprint density at radius 1 is 1.17 bits per heavy atom. The van der Waals surface area contributed by atoms with E-state index in [4.69, 9.17) is 5.26 Å². The molecule has 3 aromatic rings. The zero-order valence-corrected chi connectivity index (χ0v) is 20.0. The molecule has 6 nitrogen and oxygen atoms in total. The molecule has 2 aromatic heterocycles. The van der Waals surface area contributed by atoms with E-state index in [0.29, 0.717) is 16.5 Å². The van der Waals surface area contributed by atoms with Crippen LogP contribution in [-0.4, -0.2) is 45.1 Å². The van der Waals surface area contributed by atoms with Gasteiger partial charge in [-0.2, -0.15) is 18.8 Å². The van der Waals surface area contributed by atoms with Crippen molar-refractivity contribution in [3.8, 4) is 6.07 Å². The van der Waals surface area contributed by atoms with Crippen LogP contribution in [0.1, 0.15) is 46.4 Å². The number of hydrogen-bond acceptors (Lipinski definition) is 5. The van der Waals surface area contributed by atoms with Gasteiger partial charge in [-0.1, -0.05) is 18.2 Å². The predicted molar refractivity (Wildman–Crippen MR) is 134 cm³/mol. The molecule has 3 heterocycles. The first-order chi connectivity index (χ1) is 16.3. The number of nitrogens with zero attached hydrogens (tertiary/aromatic N) is 4. The number of nitriles is 1. The molecule has 9 heteroatoms. The highest BCUT2D eigenvalue weighted by atomic mass is 32.1. The molecule has 1 fully saturated rings. The highest BCUT2D eigenvalue weighted by Crippen LogP contribution is 2.32. The number of hydrogen-bond donors (Lipinski definition) is 0. The standard InChI is InChI=1S/C26H22F2N4O2.H2S/c1-17-2-5-19(31-15-17)6-3-18-4-7-23-22(12-18)21(10-11-30-23)24(33)8-9-25(34)32-16-26(27,28)13-20(32)14-29;/h2-7,10-12,15,20H,8-9,13,16H2,1H3;1H2/b6-3+;/t20-;/m0./s1. The highest BCUT2D eigenvalue weighted by Gasteiger charge is 2.47. The van der Waals surface area contributed by atoms with Gasteiger partial charge in [0.15, 0.2) is 5.78 Å². The molecule has 1 aromatic carbocycles. The van der Waals surface area contributed by atoms with Crippen LogP contribution in [0.3, 0.4) is 0 Å². The van der Waals surface area contributed by atoms with Gasteiger partial charge in [-0.15, -0.1) is 0 Å². The Balaban J connectivity index is 0.00000342. The normalized spacial score (nSPS) is 16.7. The van der Waals surface area contributed by atoms with Gasteiger partial charge < -0.3 is 4.90 Å². The Morgan fingerprint density at radius 3 is 2.69 bits per heavy atom. The number of benzene rings is 1. The zero-order valence-electron chi connectivity index (χ0n) is 19.0. The summed E-state index contributed by atoms with van der Waals surface area (Å²) in [4.78, 5) is 34.9. The lowest BCUT2D eigenvalue weighted by Gasteiger charge is -2.18. The van der Waals surface area contributed by atoms with Crippen LogP contribution in [0, 0.1) is 18.3 Å². The third kappa shape index (κ3) is 6.08. The van der Waals surface area contributed by atoms with Crippen LogP contribution in [0.25, 0.3) is 23.1 Å². The molecule has 1 aliphatic heterocycles. The van der Waals surface area contributed by atoms with E-state index in [2.05, 4.69) is 9.97 Å². The van der Waals surface area contributed by atoms with Crippen LogP contribution in [0.15, 0.2) is 48.8 Å². The minimum absolute atomic E-state index is 0. The summed E-state index contributed by atoms with van der Waals surface area (Å²) in [7, 11) is 0. The maximum Gasteiger partial charge on any atom is 0.268 e. The summed E-state index contributed by atoms with van der Waals surface area (Å²) in [6.07, 6.45) is 6.00. The molecule has 0 N–H and O–H groups in total. The Bertz CT molecular complexity index is 1320. The summed E-state index contributed by atoms with van der Waals surface area (Å²) >= 11 is 0. The Labute approximate surface area is 208 Å². The van der Waals surface area contributed by atoms with E-state index in [1.165, 1.54) is 6.20 Å². The lowest BCUT2D eigenvalue weighted by molar-refractivity contribution is -0.132. The smallest absolute Gasteiger partial charge is 0.268 e. The monoisotopic (exact) mass is 494 g/mol. The van der Waals surface area contributed by atoms with Crippen LogP contribution in [0.2, 0.25) is 0 Å². The van der Waals surface area contributed by atoms with Crippen molar-refractivity contribution in [2.45, 2.75) is 38.2 Å². The molecule has 0 unspecified atom stereocenters. The van der Waals surface area contributed by atoms with Gasteiger partial charge in [-0.3, -0.25) is 19.6 Å². The second-order valence-electron chi connectivity index (χ2n) is 8.38. The molecule has 1 amide bonds. The number of aryl methyl sites for hydroxylation is 1. The molecule has 4 rings (SSSR count). The van der Waals surface area contributed by atoms with Gasteiger partial charge in [0.25, 0.3) is 5.92 Å². The third-order valence-electron chi connectivity index (χ3n) is 5.75. The van der Waals surface area contributed by atoms with Crippen LogP contribution >= 0.6 is 13.5 Å². The van der Waals surface area contributed by atoms with Gasteiger partial charge in [-0.25, -0.2) is 8.78 Å². The third-order valence-corrected chi connectivity index (χ3v) is 5.75. The number of rotatable bonds is 6. The van der Waals surface area contributed by atoms with E-state index in [1.807, 2.05) is 49.4 Å². The maximum atomic E-state index is 13.6. The first kappa shape index (κ1) is 26.0. The number of halogens is 2. The molecule has 35 heavy (non-hydrogen) atoms. The largest absolute Gasteiger partial charge is 0.320 e. The zero-order chi connectivity index (χ0) is 24.3. The molecule has 0 radical (unpaired) electrons. The lowest BCUT2D eigenvalue weighted by atomic mass is 10.00. The van der Waals surface area contributed by atoms with Crippen molar-refractivity contribution < 1.29 is 18.4 Å². The van der Waals surface area contributed by atoms with Crippen molar-refractivity contribution in [2.24, 2.45) is 0 Å². The molecule has 0 spiro atoms. The summed E-state index contributed by atoms with van der Waals surface area (Å²) in [6.45, 7) is 1.17. The molecule has 1 saturated heterocycles. The van der Waals surface area contributed by atoms with Gasteiger partial charge in [0.1, 0.15) is 6.04 Å². The Hall–Kier alpha value is -3.64. The van der Waals surface area contributed by atoms with E-state index in [1.54, 1.807) is 18.3 Å². The summed E-state index contributed by atoms with van der Waals surface area (Å²) in [5, 5.41) is 9.73.